The van der Waals surface area contributed by atoms with Gasteiger partial charge in [0.05, 0.1) is 7.11 Å². The predicted molar refractivity (Wildman–Crippen MR) is 379 cm³/mol. The molecule has 430 valence electrons. The van der Waals surface area contributed by atoms with Gasteiger partial charge in [0.25, 0.3) is 0 Å². The predicted octanol–water partition coefficient (Wildman–Crippen LogP) is 23.1. The molecule has 14 aromatic carbocycles. The molecule has 0 aliphatic heterocycles. The molecule has 89 heavy (non-hydrogen) atoms. The second-order valence-electron chi connectivity index (χ2n) is 22.4. The van der Waals surface area contributed by atoms with Crippen molar-refractivity contribution in [2.45, 2.75) is 6.92 Å². The van der Waals surface area contributed by atoms with Crippen LogP contribution in [0.3, 0.4) is 0 Å². The van der Waals surface area contributed by atoms with Crippen LogP contribution in [-0.4, -0.2) is 21.2 Å². The second-order valence-corrected chi connectivity index (χ2v) is 22.4. The number of fused-ring (bicyclic) bond motifs is 2. The maximum absolute atomic E-state index is 5.31. The summed E-state index contributed by atoms with van der Waals surface area (Å²) in [5, 5.41) is 4.92. The molecule has 0 unspecified atom stereocenters. The Labute approximate surface area is 523 Å². The van der Waals surface area contributed by atoms with Gasteiger partial charge in [-0.05, 0) is 212 Å². The van der Waals surface area contributed by atoms with Crippen LogP contribution in [0.15, 0.2) is 340 Å². The summed E-state index contributed by atoms with van der Waals surface area (Å²) >= 11 is 0. The van der Waals surface area contributed by atoms with E-state index in [0.29, 0.717) is 0 Å². The third-order valence-corrected chi connectivity index (χ3v) is 16.7. The van der Waals surface area contributed by atoms with Gasteiger partial charge in [0.2, 0.25) is 0 Å². The van der Waals surface area contributed by atoms with Crippen LogP contribution in [0.5, 0.6) is 5.75 Å². The van der Waals surface area contributed by atoms with Crippen molar-refractivity contribution in [3.05, 3.63) is 345 Å². The molecule has 0 radical (unpaired) electrons. The Balaban J connectivity index is 0.000000164. The third kappa shape index (κ3) is 12.8. The first kappa shape index (κ1) is 56.7. The van der Waals surface area contributed by atoms with Crippen molar-refractivity contribution in [1.82, 2.24) is 0 Å². The zero-order valence-corrected chi connectivity index (χ0v) is 50.5. The van der Waals surface area contributed by atoms with Gasteiger partial charge in [-0.3, -0.25) is 0 Å². The second kappa shape index (κ2) is 26.1. The average molecular weight is 1150 g/mol. The molecule has 5 heteroatoms. The molecule has 5 nitrogen and oxygen atoms in total. The zero-order chi connectivity index (χ0) is 60.5. The minimum absolute atomic E-state index is 0.856. The fourth-order valence-electron chi connectivity index (χ4n) is 11.7. The highest BCUT2D eigenvalue weighted by Gasteiger charge is 2.17. The number of methoxy groups -OCH3 is 1. The minimum Gasteiger partial charge on any atom is -0.497 e. The van der Waals surface area contributed by atoms with Crippen molar-refractivity contribution in [2.75, 3.05) is 40.8 Å². The van der Waals surface area contributed by atoms with Crippen molar-refractivity contribution in [2.24, 2.45) is 0 Å². The summed E-state index contributed by atoms with van der Waals surface area (Å²) < 4.78 is 5.31. The highest BCUT2D eigenvalue weighted by Crippen LogP contribution is 2.41. The molecule has 0 N–H and O–H groups in total. The Morgan fingerprint density at radius 2 is 0.494 bits per heavy atom. The van der Waals surface area contributed by atoms with Gasteiger partial charge in [0.15, 0.2) is 0 Å². The highest BCUT2D eigenvalue weighted by molar-refractivity contribution is 5.92. The van der Waals surface area contributed by atoms with Gasteiger partial charge >= 0.3 is 0 Å². The molecule has 0 atom stereocenters. The largest absolute Gasteiger partial charge is 0.497 e. The van der Waals surface area contributed by atoms with Gasteiger partial charge in [-0.1, -0.05) is 206 Å². The summed E-state index contributed by atoms with van der Waals surface area (Å²) in [4.78, 5) is 9.07. The molecule has 14 rings (SSSR count). The summed E-state index contributed by atoms with van der Waals surface area (Å²) in [6, 6.07) is 121. The first-order valence-electron chi connectivity index (χ1n) is 30.3. The molecule has 14 aromatic rings. The van der Waals surface area contributed by atoms with E-state index in [1.807, 2.05) is 12.1 Å². The van der Waals surface area contributed by atoms with Crippen molar-refractivity contribution >= 4 is 78.4 Å². The number of anilines is 10. The van der Waals surface area contributed by atoms with Crippen LogP contribution < -0.4 is 24.3 Å². The van der Waals surface area contributed by atoms with E-state index >= 15 is 0 Å². The zero-order valence-electron chi connectivity index (χ0n) is 50.5. The molecule has 0 aromatic heterocycles. The van der Waals surface area contributed by atoms with Crippen LogP contribution in [0.1, 0.15) is 5.56 Å². The number of rotatable bonds is 15. The summed E-state index contributed by atoms with van der Waals surface area (Å²) in [5.74, 6) is 0.856. The van der Waals surface area contributed by atoms with Crippen molar-refractivity contribution < 1.29 is 4.74 Å². The van der Waals surface area contributed by atoms with Crippen molar-refractivity contribution in [3.8, 4) is 50.3 Å². The number of nitrogens with zero attached hydrogens (tertiary/aromatic N) is 4. The molecule has 0 bridgehead atoms. The maximum atomic E-state index is 5.31. The molecule has 0 aliphatic carbocycles. The Kier molecular flexibility index (Phi) is 16.6. The van der Waals surface area contributed by atoms with E-state index in [2.05, 4.69) is 368 Å². The van der Waals surface area contributed by atoms with Gasteiger partial charge in [-0.2, -0.15) is 0 Å². The normalized spacial score (nSPS) is 10.9. The number of benzene rings is 14. The van der Waals surface area contributed by atoms with Crippen LogP contribution >= 0.6 is 0 Å². The van der Waals surface area contributed by atoms with Crippen LogP contribution in [-0.2, 0) is 0 Å². The minimum atomic E-state index is 0.856. The quantitative estimate of drug-likeness (QED) is 0.102. The third-order valence-electron chi connectivity index (χ3n) is 16.7. The SMILES string of the molecule is COc1ccc(N(C)c2ccc(-c3ccc(N(c4ccc(-c5ccccc5)cc4)c4ccc5ccccc5c4)cc3)cc2)cc1.Cc1cccc(N(C)c2ccc(-c3ccc(N(c4ccc(-c5ccccc5)cc4)c4ccc5ccccc5c4)cc3)cc2)c1. The lowest BCUT2D eigenvalue weighted by Gasteiger charge is -2.26. The van der Waals surface area contributed by atoms with E-state index in [1.165, 1.54) is 77.3 Å². The summed E-state index contributed by atoms with van der Waals surface area (Å²) in [6.07, 6.45) is 0. The fourth-order valence-corrected chi connectivity index (χ4v) is 11.7. The first-order chi connectivity index (χ1) is 43.8. The summed E-state index contributed by atoms with van der Waals surface area (Å²) in [5.41, 5.74) is 22.2. The van der Waals surface area contributed by atoms with E-state index in [4.69, 9.17) is 4.74 Å². The summed E-state index contributed by atoms with van der Waals surface area (Å²) in [7, 11) is 5.89. The monoisotopic (exact) mass is 1150 g/mol. The molecule has 0 fully saturated rings. The number of aryl methyl sites for hydroxylation is 1. The van der Waals surface area contributed by atoms with Crippen LogP contribution in [0.4, 0.5) is 56.9 Å². The summed E-state index contributed by atoms with van der Waals surface area (Å²) in [6.45, 7) is 2.13. The topological polar surface area (TPSA) is 22.2 Å². The Bertz CT molecular complexity index is 4630. The van der Waals surface area contributed by atoms with Gasteiger partial charge in [0, 0.05) is 71.0 Å². The van der Waals surface area contributed by atoms with E-state index in [-0.39, 0.29) is 0 Å². The molecular formula is C84H68N4O. The van der Waals surface area contributed by atoms with Crippen molar-refractivity contribution in [3.63, 3.8) is 0 Å². The lowest BCUT2D eigenvalue weighted by Crippen LogP contribution is -2.10. The average Bonchev–Trinajstić information content (AvgIpc) is 2.73. The fraction of sp³-hybridized carbons (Fsp3) is 0.0476. The number of hydrogen-bond donors (Lipinski definition) is 0. The molecule has 0 aliphatic rings. The number of hydrogen-bond acceptors (Lipinski definition) is 5. The Morgan fingerprint density at radius 3 is 0.831 bits per heavy atom. The number of ether oxygens (including phenoxy) is 1. The lowest BCUT2D eigenvalue weighted by atomic mass is 10.0. The van der Waals surface area contributed by atoms with E-state index in [9.17, 15) is 0 Å². The van der Waals surface area contributed by atoms with E-state index in [0.717, 1.165) is 56.9 Å². The van der Waals surface area contributed by atoms with E-state index < -0.39 is 0 Å². The maximum Gasteiger partial charge on any atom is 0.119 e. The standard InChI is InChI=1S/C42H34N2O.C42H34N2/c1-43(38-26-28-42(45-2)29-27-38)37-19-12-34(13-20-37)35-16-23-40(24-17-35)44(41-25-18-32-10-6-7-11-36(32)30-41)39-21-14-33(15-22-39)31-8-4-3-5-9-31;1-31-9-8-14-41(29-31)43(2)38-22-15-35(16-23-38)36-19-26-40(27-20-36)44(42-28-21-33-12-6-7-13-37(33)30-42)39-24-17-34(18-25-39)32-10-4-3-5-11-32/h3-30H,1-2H3;3-30H,1-2H3. The van der Waals surface area contributed by atoms with Gasteiger partial charge < -0.3 is 24.3 Å². The van der Waals surface area contributed by atoms with E-state index in [1.54, 1.807) is 7.11 Å². The van der Waals surface area contributed by atoms with Crippen LogP contribution in [0.2, 0.25) is 0 Å². The molecule has 0 amide bonds. The van der Waals surface area contributed by atoms with Gasteiger partial charge in [-0.15, -0.1) is 0 Å². The van der Waals surface area contributed by atoms with Crippen LogP contribution in [0, 0.1) is 6.92 Å². The highest BCUT2D eigenvalue weighted by atomic mass is 16.5. The Morgan fingerprint density at radius 1 is 0.213 bits per heavy atom. The van der Waals surface area contributed by atoms with Crippen LogP contribution in [0.25, 0.3) is 66.1 Å². The van der Waals surface area contributed by atoms with Gasteiger partial charge in [0.1, 0.15) is 5.75 Å². The van der Waals surface area contributed by atoms with Crippen molar-refractivity contribution in [1.29, 1.82) is 0 Å². The molecule has 0 saturated carbocycles. The Hall–Kier alpha value is -11.4. The molecule has 0 heterocycles. The first-order valence-corrected chi connectivity index (χ1v) is 30.3. The lowest BCUT2D eigenvalue weighted by molar-refractivity contribution is 0.415. The smallest absolute Gasteiger partial charge is 0.119 e. The molecule has 0 spiro atoms. The molecule has 0 saturated heterocycles. The molecular weight excluding hydrogens is 1080 g/mol. The van der Waals surface area contributed by atoms with Gasteiger partial charge in [-0.25, -0.2) is 0 Å².